The van der Waals surface area contributed by atoms with Crippen molar-refractivity contribution in [2.45, 2.75) is 24.3 Å². The number of aromatic nitrogens is 2. The predicted molar refractivity (Wildman–Crippen MR) is 89.2 cm³/mol. The van der Waals surface area contributed by atoms with Gasteiger partial charge in [-0.1, -0.05) is 19.1 Å². The Morgan fingerprint density at radius 1 is 1.35 bits per heavy atom. The summed E-state index contributed by atoms with van der Waals surface area (Å²) >= 11 is 5.48. The monoisotopic (exact) mass is 353 g/mol. The Hall–Kier alpha value is -0.780. The van der Waals surface area contributed by atoms with Crippen LogP contribution in [-0.4, -0.2) is 28.1 Å². The SMILES string of the molecule is CCNC(CSc1ccccc1Br)Cc1ccn(C)n1. The summed E-state index contributed by atoms with van der Waals surface area (Å²) in [5.41, 5.74) is 1.14. The van der Waals surface area contributed by atoms with Crippen LogP contribution >= 0.6 is 27.7 Å². The van der Waals surface area contributed by atoms with Crippen LogP contribution in [-0.2, 0) is 13.5 Å². The average Bonchev–Trinajstić information content (AvgIpc) is 2.83. The highest BCUT2D eigenvalue weighted by Gasteiger charge is 2.11. The van der Waals surface area contributed by atoms with Gasteiger partial charge >= 0.3 is 0 Å². The first-order valence-corrected chi connectivity index (χ1v) is 8.56. The Bertz CT molecular complexity index is 541. The fraction of sp³-hybridized carbons (Fsp3) is 0.400. The van der Waals surface area contributed by atoms with Gasteiger partial charge in [-0.15, -0.1) is 11.8 Å². The van der Waals surface area contributed by atoms with Gasteiger partial charge in [0.05, 0.1) is 5.69 Å². The van der Waals surface area contributed by atoms with Crippen molar-refractivity contribution >= 4 is 27.7 Å². The van der Waals surface area contributed by atoms with E-state index in [1.54, 1.807) is 0 Å². The Morgan fingerprint density at radius 3 is 2.80 bits per heavy atom. The van der Waals surface area contributed by atoms with Gasteiger partial charge in [-0.2, -0.15) is 5.10 Å². The summed E-state index contributed by atoms with van der Waals surface area (Å²) in [7, 11) is 1.96. The standard InChI is InChI=1S/C15H20BrN3S/c1-3-17-13(10-12-8-9-19(2)18-12)11-20-15-7-5-4-6-14(15)16/h4-9,13,17H,3,10-11H2,1-2H3. The minimum Gasteiger partial charge on any atom is -0.313 e. The lowest BCUT2D eigenvalue weighted by Crippen LogP contribution is -2.33. The molecule has 1 unspecified atom stereocenters. The Morgan fingerprint density at radius 2 is 2.15 bits per heavy atom. The molecule has 0 amide bonds. The molecule has 2 aromatic rings. The molecule has 0 saturated carbocycles. The number of aryl methyl sites for hydroxylation is 1. The number of hydrogen-bond acceptors (Lipinski definition) is 3. The van der Waals surface area contributed by atoms with Gasteiger partial charge in [0.1, 0.15) is 0 Å². The molecular formula is C15H20BrN3S. The van der Waals surface area contributed by atoms with Crippen molar-refractivity contribution in [1.82, 2.24) is 15.1 Å². The van der Waals surface area contributed by atoms with Gasteiger partial charge in [0.2, 0.25) is 0 Å². The number of hydrogen-bond donors (Lipinski definition) is 1. The highest BCUT2D eigenvalue weighted by atomic mass is 79.9. The number of nitrogens with one attached hydrogen (secondary N) is 1. The van der Waals surface area contributed by atoms with Gasteiger partial charge in [-0.05, 0) is 40.7 Å². The van der Waals surface area contributed by atoms with E-state index in [1.165, 1.54) is 4.90 Å². The van der Waals surface area contributed by atoms with E-state index >= 15 is 0 Å². The molecule has 0 fully saturated rings. The van der Waals surface area contributed by atoms with Crippen molar-refractivity contribution in [3.63, 3.8) is 0 Å². The van der Waals surface area contributed by atoms with Crippen molar-refractivity contribution in [3.05, 3.63) is 46.7 Å². The summed E-state index contributed by atoms with van der Waals surface area (Å²) in [6.45, 7) is 3.13. The van der Waals surface area contributed by atoms with E-state index in [0.717, 1.165) is 28.9 Å². The smallest absolute Gasteiger partial charge is 0.0640 e. The van der Waals surface area contributed by atoms with Crippen molar-refractivity contribution in [2.75, 3.05) is 12.3 Å². The Kier molecular flexibility index (Phi) is 6.13. The van der Waals surface area contributed by atoms with Gasteiger partial charge in [0, 0.05) is 40.8 Å². The molecule has 1 N–H and O–H groups in total. The van der Waals surface area contributed by atoms with Crippen LogP contribution in [0.25, 0.3) is 0 Å². The molecule has 2 rings (SSSR count). The van der Waals surface area contributed by atoms with Crippen molar-refractivity contribution in [3.8, 4) is 0 Å². The number of nitrogens with zero attached hydrogens (tertiary/aromatic N) is 2. The fourth-order valence-corrected chi connectivity index (χ4v) is 3.68. The molecule has 3 nitrogen and oxygen atoms in total. The lowest BCUT2D eigenvalue weighted by Gasteiger charge is -2.16. The summed E-state index contributed by atoms with van der Waals surface area (Å²) in [5, 5.41) is 8.01. The van der Waals surface area contributed by atoms with E-state index in [1.807, 2.05) is 35.8 Å². The molecule has 0 aliphatic heterocycles. The number of rotatable bonds is 7. The number of thioether (sulfide) groups is 1. The van der Waals surface area contributed by atoms with Crippen LogP contribution in [0.15, 0.2) is 45.9 Å². The van der Waals surface area contributed by atoms with Gasteiger partial charge in [0.15, 0.2) is 0 Å². The van der Waals surface area contributed by atoms with E-state index in [0.29, 0.717) is 6.04 Å². The second-order valence-electron chi connectivity index (χ2n) is 4.68. The summed E-state index contributed by atoms with van der Waals surface area (Å²) in [4.78, 5) is 1.29. The normalized spacial score (nSPS) is 12.6. The first-order chi connectivity index (χ1) is 9.69. The van der Waals surface area contributed by atoms with Crippen LogP contribution in [0, 0.1) is 0 Å². The third kappa shape index (κ3) is 4.65. The van der Waals surface area contributed by atoms with Crippen LogP contribution in [0.3, 0.4) is 0 Å². The molecule has 0 saturated heterocycles. The Labute approximate surface area is 133 Å². The van der Waals surface area contributed by atoms with Crippen molar-refractivity contribution < 1.29 is 0 Å². The molecule has 1 aromatic heterocycles. The van der Waals surface area contributed by atoms with E-state index in [-0.39, 0.29) is 0 Å². The molecular weight excluding hydrogens is 334 g/mol. The van der Waals surface area contributed by atoms with Crippen molar-refractivity contribution in [1.29, 1.82) is 0 Å². The zero-order valence-electron chi connectivity index (χ0n) is 11.8. The molecule has 0 aliphatic carbocycles. The molecule has 1 heterocycles. The molecule has 0 radical (unpaired) electrons. The summed E-state index contributed by atoms with van der Waals surface area (Å²) in [6, 6.07) is 10.9. The third-order valence-corrected chi connectivity index (χ3v) is 5.18. The second-order valence-corrected chi connectivity index (χ2v) is 6.60. The molecule has 0 spiro atoms. The van der Waals surface area contributed by atoms with Crippen LogP contribution in [0.4, 0.5) is 0 Å². The minimum absolute atomic E-state index is 0.437. The molecule has 108 valence electrons. The van der Waals surface area contributed by atoms with Gasteiger partial charge in [-0.3, -0.25) is 4.68 Å². The van der Waals surface area contributed by atoms with Crippen molar-refractivity contribution in [2.24, 2.45) is 7.05 Å². The lowest BCUT2D eigenvalue weighted by molar-refractivity contribution is 0.561. The first-order valence-electron chi connectivity index (χ1n) is 6.78. The molecule has 0 aliphatic rings. The average molecular weight is 354 g/mol. The summed E-state index contributed by atoms with van der Waals surface area (Å²) in [5.74, 6) is 1.03. The van der Waals surface area contributed by atoms with Crippen LogP contribution in [0.2, 0.25) is 0 Å². The maximum atomic E-state index is 4.46. The number of likely N-dealkylation sites (N-methyl/N-ethyl adjacent to an activating group) is 1. The molecule has 0 bridgehead atoms. The third-order valence-electron chi connectivity index (χ3n) is 2.99. The maximum Gasteiger partial charge on any atom is 0.0640 e. The second kappa shape index (κ2) is 7.86. The number of halogens is 1. The Balaban J connectivity index is 1.94. The lowest BCUT2D eigenvalue weighted by atomic mass is 10.2. The van der Waals surface area contributed by atoms with Gasteiger partial charge in [0.25, 0.3) is 0 Å². The maximum absolute atomic E-state index is 4.46. The summed E-state index contributed by atoms with van der Waals surface area (Å²) < 4.78 is 3.03. The highest BCUT2D eigenvalue weighted by molar-refractivity contribution is 9.10. The van der Waals surface area contributed by atoms with Gasteiger partial charge in [-0.25, -0.2) is 0 Å². The molecule has 1 aromatic carbocycles. The topological polar surface area (TPSA) is 29.9 Å². The van der Waals surface area contributed by atoms with E-state index in [2.05, 4.69) is 57.5 Å². The minimum atomic E-state index is 0.437. The molecule has 20 heavy (non-hydrogen) atoms. The fourth-order valence-electron chi connectivity index (χ4n) is 2.06. The van der Waals surface area contributed by atoms with E-state index < -0.39 is 0 Å². The molecule has 5 heteroatoms. The predicted octanol–water partition coefficient (Wildman–Crippen LogP) is 3.50. The number of benzene rings is 1. The highest BCUT2D eigenvalue weighted by Crippen LogP contribution is 2.27. The van der Waals surface area contributed by atoms with Crippen LogP contribution < -0.4 is 5.32 Å². The quantitative estimate of drug-likeness (QED) is 0.772. The van der Waals surface area contributed by atoms with E-state index in [9.17, 15) is 0 Å². The van der Waals surface area contributed by atoms with Crippen LogP contribution in [0.5, 0.6) is 0 Å². The molecule has 1 atom stereocenters. The first kappa shape index (κ1) is 15.6. The zero-order valence-corrected chi connectivity index (χ0v) is 14.2. The van der Waals surface area contributed by atoms with Crippen LogP contribution in [0.1, 0.15) is 12.6 Å². The zero-order chi connectivity index (χ0) is 14.4. The van der Waals surface area contributed by atoms with Gasteiger partial charge < -0.3 is 5.32 Å². The van der Waals surface area contributed by atoms with E-state index in [4.69, 9.17) is 0 Å². The summed E-state index contributed by atoms with van der Waals surface area (Å²) in [6.07, 6.45) is 2.96. The largest absolute Gasteiger partial charge is 0.313 e.